The first-order valence-corrected chi connectivity index (χ1v) is 14.6. The minimum Gasteiger partial charge on any atom is -0.0654 e. The van der Waals surface area contributed by atoms with E-state index in [1.54, 1.807) is 44.5 Å². The van der Waals surface area contributed by atoms with Crippen molar-refractivity contribution in [3.8, 4) is 0 Å². The molecular weight excluding hydrogens is 420 g/mol. The van der Waals surface area contributed by atoms with Crippen LogP contribution < -0.4 is 0 Å². The molecule has 2 aliphatic carbocycles. The molecule has 0 nitrogen and oxygen atoms in total. The number of hydrogen-bond acceptors (Lipinski definition) is 0. The molecule has 0 aromatic heterocycles. The Morgan fingerprint density at radius 1 is 0.571 bits per heavy atom. The highest BCUT2D eigenvalue weighted by atomic mass is 14.5. The monoisotopic (exact) mass is 468 g/mol. The van der Waals surface area contributed by atoms with E-state index >= 15 is 0 Å². The molecule has 0 amide bonds. The van der Waals surface area contributed by atoms with Gasteiger partial charge < -0.3 is 0 Å². The summed E-state index contributed by atoms with van der Waals surface area (Å²) in [5.41, 5.74) is 12.9. The molecule has 0 bridgehead atoms. The van der Waals surface area contributed by atoms with Crippen LogP contribution in [-0.4, -0.2) is 0 Å². The second-order valence-electron chi connectivity index (χ2n) is 11.7. The number of rotatable bonds is 12. The first-order valence-electron chi connectivity index (χ1n) is 14.6. The Kier molecular flexibility index (Phi) is 8.41. The smallest absolute Gasteiger partial charge is 0.0118 e. The van der Waals surface area contributed by atoms with Crippen molar-refractivity contribution in [1.82, 2.24) is 0 Å². The van der Waals surface area contributed by atoms with E-state index in [2.05, 4.69) is 90.1 Å². The molecule has 2 aromatic carbocycles. The molecule has 0 saturated heterocycles. The van der Waals surface area contributed by atoms with Crippen molar-refractivity contribution in [2.75, 3.05) is 0 Å². The lowest BCUT2D eigenvalue weighted by molar-refractivity contribution is 0.267. The maximum atomic E-state index is 2.61. The first-order chi connectivity index (χ1) is 17.0. The molecule has 0 heteroatoms. The van der Waals surface area contributed by atoms with E-state index in [1.807, 2.05) is 0 Å². The van der Waals surface area contributed by atoms with Crippen molar-refractivity contribution >= 4 is 12.2 Å². The molecule has 35 heavy (non-hydrogen) atoms. The summed E-state index contributed by atoms with van der Waals surface area (Å²) in [5, 5.41) is 0. The minimum absolute atomic E-state index is 0.130. The largest absolute Gasteiger partial charge is 0.0654 e. The highest BCUT2D eigenvalue weighted by Crippen LogP contribution is 2.60. The van der Waals surface area contributed by atoms with Gasteiger partial charge in [0.1, 0.15) is 0 Å². The Hall–Kier alpha value is -2.08. The van der Waals surface area contributed by atoms with Crippen LogP contribution >= 0.6 is 0 Å². The zero-order chi connectivity index (χ0) is 25.0. The van der Waals surface area contributed by atoms with Crippen LogP contribution in [0.25, 0.3) is 12.2 Å². The molecule has 0 radical (unpaired) electrons. The lowest BCUT2D eigenvalue weighted by atomic mass is 9.61. The topological polar surface area (TPSA) is 0 Å². The Labute approximate surface area is 215 Å². The van der Waals surface area contributed by atoms with Crippen LogP contribution in [0.15, 0.2) is 47.5 Å². The number of hydrogen-bond donors (Lipinski definition) is 0. The lowest BCUT2D eigenvalue weighted by Crippen LogP contribution is -2.30. The third-order valence-corrected chi connectivity index (χ3v) is 8.65. The number of benzene rings is 2. The fourth-order valence-electron chi connectivity index (χ4n) is 7.15. The van der Waals surface area contributed by atoms with E-state index in [4.69, 9.17) is 0 Å². The van der Waals surface area contributed by atoms with Gasteiger partial charge in [-0.25, -0.2) is 0 Å². The Bertz CT molecular complexity index is 992. The summed E-state index contributed by atoms with van der Waals surface area (Å²) in [6, 6.07) is 14.3. The van der Waals surface area contributed by atoms with E-state index in [9.17, 15) is 0 Å². The van der Waals surface area contributed by atoms with Crippen molar-refractivity contribution in [3.05, 3.63) is 80.9 Å². The summed E-state index contributed by atoms with van der Waals surface area (Å²) in [7, 11) is 0. The average molecular weight is 469 g/mol. The molecule has 2 aromatic rings. The standard InChI is InChI=1S/C35H48/c1-7-11-17-27-23-31-25(15-9-3)19-13-21-29(31)33(27)35(5,6)34-28(18-12-8-2)24-32-26(16-10-4)20-14-22-30(32)34/h13-14,19-24,33-34H,7-12,15-18H2,1-6H3. The van der Waals surface area contributed by atoms with Gasteiger partial charge in [-0.2, -0.15) is 0 Å². The Balaban J connectivity index is 1.83. The molecular formula is C35H48. The van der Waals surface area contributed by atoms with Gasteiger partial charge in [0, 0.05) is 11.8 Å². The van der Waals surface area contributed by atoms with E-state index in [-0.39, 0.29) is 5.41 Å². The zero-order valence-electron chi connectivity index (χ0n) is 23.3. The summed E-state index contributed by atoms with van der Waals surface area (Å²) in [4.78, 5) is 0. The SMILES string of the molecule is CCCCC1=Cc2c(CCC)cccc2C1C(C)(C)C1C(CCCC)=Cc2c(CCC)cccc21. The fraction of sp³-hybridized carbons (Fsp3) is 0.543. The molecule has 188 valence electrons. The molecule has 0 N–H and O–H groups in total. The van der Waals surface area contributed by atoms with Gasteiger partial charge in [-0.05, 0) is 77.3 Å². The predicted molar refractivity (Wildman–Crippen MR) is 155 cm³/mol. The first kappa shape index (κ1) is 26.0. The maximum absolute atomic E-state index is 2.61. The molecule has 0 spiro atoms. The molecule has 0 aliphatic heterocycles. The molecule has 4 rings (SSSR count). The molecule has 0 saturated carbocycles. The summed E-state index contributed by atoms with van der Waals surface area (Å²) in [5.74, 6) is 0.994. The fourth-order valence-corrected chi connectivity index (χ4v) is 7.15. The highest BCUT2D eigenvalue weighted by Gasteiger charge is 2.46. The van der Waals surface area contributed by atoms with Gasteiger partial charge in [0.2, 0.25) is 0 Å². The second-order valence-corrected chi connectivity index (χ2v) is 11.7. The van der Waals surface area contributed by atoms with Crippen LogP contribution in [0.1, 0.15) is 138 Å². The van der Waals surface area contributed by atoms with Crippen molar-refractivity contribution in [1.29, 1.82) is 0 Å². The number of fused-ring (bicyclic) bond motifs is 2. The van der Waals surface area contributed by atoms with Crippen LogP contribution in [0.4, 0.5) is 0 Å². The molecule has 2 atom stereocenters. The molecule has 2 aliphatic rings. The van der Waals surface area contributed by atoms with Gasteiger partial charge in [0.05, 0.1) is 0 Å². The summed E-state index contributed by atoms with van der Waals surface area (Å²) >= 11 is 0. The summed E-state index contributed by atoms with van der Waals surface area (Å²) in [6.07, 6.45) is 17.6. The minimum atomic E-state index is 0.130. The van der Waals surface area contributed by atoms with Gasteiger partial charge in [-0.15, -0.1) is 0 Å². The second kappa shape index (κ2) is 11.3. The van der Waals surface area contributed by atoms with E-state index in [1.165, 1.54) is 64.2 Å². The highest BCUT2D eigenvalue weighted by molar-refractivity contribution is 5.73. The number of allylic oxidation sites excluding steroid dienone is 2. The van der Waals surface area contributed by atoms with Crippen molar-refractivity contribution in [2.24, 2.45) is 5.41 Å². The van der Waals surface area contributed by atoms with Crippen molar-refractivity contribution in [3.63, 3.8) is 0 Å². The van der Waals surface area contributed by atoms with Gasteiger partial charge in [0.15, 0.2) is 0 Å². The summed E-state index contributed by atoms with van der Waals surface area (Å²) < 4.78 is 0. The van der Waals surface area contributed by atoms with Crippen LogP contribution in [0.3, 0.4) is 0 Å². The number of unbranched alkanes of at least 4 members (excludes halogenated alkanes) is 2. The van der Waals surface area contributed by atoms with Gasteiger partial charge >= 0.3 is 0 Å². The van der Waals surface area contributed by atoms with Crippen molar-refractivity contribution < 1.29 is 0 Å². The van der Waals surface area contributed by atoms with E-state index in [0.29, 0.717) is 11.8 Å². The number of aryl methyl sites for hydroxylation is 2. The van der Waals surface area contributed by atoms with Crippen LogP contribution in [0.5, 0.6) is 0 Å². The predicted octanol–water partition coefficient (Wildman–Crippen LogP) is 10.7. The average Bonchev–Trinajstić information content (AvgIpc) is 3.42. The van der Waals surface area contributed by atoms with E-state index < -0.39 is 0 Å². The van der Waals surface area contributed by atoms with Crippen molar-refractivity contribution in [2.45, 2.75) is 118 Å². The Morgan fingerprint density at radius 2 is 1.00 bits per heavy atom. The van der Waals surface area contributed by atoms with Gasteiger partial charge in [0.25, 0.3) is 0 Å². The van der Waals surface area contributed by atoms with Gasteiger partial charge in [-0.3, -0.25) is 0 Å². The zero-order valence-corrected chi connectivity index (χ0v) is 23.3. The van der Waals surface area contributed by atoms with Crippen LogP contribution in [0, 0.1) is 5.41 Å². The lowest BCUT2D eigenvalue weighted by Gasteiger charge is -2.42. The van der Waals surface area contributed by atoms with E-state index in [0.717, 1.165) is 0 Å². The Morgan fingerprint density at radius 3 is 1.37 bits per heavy atom. The summed E-state index contributed by atoms with van der Waals surface area (Å²) in [6.45, 7) is 14.5. The quantitative estimate of drug-likeness (QED) is 0.290. The maximum Gasteiger partial charge on any atom is 0.0118 e. The van der Waals surface area contributed by atoms with Crippen LogP contribution in [-0.2, 0) is 12.8 Å². The normalized spacial score (nSPS) is 18.9. The van der Waals surface area contributed by atoms with Crippen LogP contribution in [0.2, 0.25) is 0 Å². The van der Waals surface area contributed by atoms with Gasteiger partial charge in [-0.1, -0.05) is 127 Å². The molecule has 0 heterocycles. The molecule has 0 fully saturated rings. The third-order valence-electron chi connectivity index (χ3n) is 8.65. The third kappa shape index (κ3) is 4.96. The molecule has 2 unspecified atom stereocenters.